The van der Waals surface area contributed by atoms with Crippen LogP contribution in [0.2, 0.25) is 0 Å². The molecule has 0 spiro atoms. The Bertz CT molecular complexity index is 683. The van der Waals surface area contributed by atoms with Gasteiger partial charge in [-0.15, -0.1) is 0 Å². The van der Waals surface area contributed by atoms with Crippen molar-refractivity contribution in [3.63, 3.8) is 0 Å². The number of hydrogen-bond acceptors (Lipinski definition) is 0. The molecule has 0 nitrogen and oxygen atoms in total. The Hall–Kier alpha value is -1.67. The number of benzene rings is 3. The van der Waals surface area contributed by atoms with Crippen molar-refractivity contribution in [2.75, 3.05) is 0 Å². The Morgan fingerprint density at radius 2 is 0.680 bits per heavy atom. The Balaban J connectivity index is 2.04. The summed E-state index contributed by atoms with van der Waals surface area (Å²) in [4.78, 5) is 0. The van der Waals surface area contributed by atoms with E-state index in [0.29, 0.717) is 16.7 Å². The fourth-order valence-corrected chi connectivity index (χ4v) is 11.3. The van der Waals surface area contributed by atoms with E-state index in [9.17, 15) is 13.2 Å². The first kappa shape index (κ1) is 18.1. The Kier molecular flexibility index (Phi) is 6.25. The summed E-state index contributed by atoms with van der Waals surface area (Å²) in [6.45, 7) is -1.43. The van der Waals surface area contributed by atoms with Crippen molar-refractivity contribution in [1.82, 2.24) is 0 Å². The topological polar surface area (TPSA) is 0 Å². The molecule has 0 radical (unpaired) electrons. The van der Waals surface area contributed by atoms with Crippen LogP contribution in [-0.4, -0.2) is 21.8 Å². The van der Waals surface area contributed by atoms with Gasteiger partial charge in [-0.25, -0.2) is 0 Å². The van der Waals surface area contributed by atoms with Gasteiger partial charge in [-0.2, -0.15) is 0 Å². The summed E-state index contributed by atoms with van der Waals surface area (Å²) in [5.41, 5.74) is 1.98. The van der Waals surface area contributed by atoms with Crippen molar-refractivity contribution in [1.29, 1.82) is 0 Å². The van der Waals surface area contributed by atoms with Gasteiger partial charge < -0.3 is 0 Å². The van der Waals surface area contributed by atoms with Crippen molar-refractivity contribution in [2.45, 2.75) is 20.0 Å². The van der Waals surface area contributed by atoms with Crippen LogP contribution in [0.3, 0.4) is 0 Å². The van der Waals surface area contributed by atoms with Crippen LogP contribution in [0.15, 0.2) is 72.8 Å². The molecule has 3 rings (SSSR count). The predicted octanol–water partition coefficient (Wildman–Crippen LogP) is 3.61. The van der Waals surface area contributed by atoms with Gasteiger partial charge in [0.1, 0.15) is 0 Å². The molecule has 0 amide bonds. The zero-order valence-electron chi connectivity index (χ0n) is 13.6. The van der Waals surface area contributed by atoms with Crippen molar-refractivity contribution in [2.24, 2.45) is 0 Å². The SMILES string of the molecule is FCc1cc[c]([Bi]([c]2ccc(CF)cc2)[c]2ccc(CF)cc2)cc1. The molecule has 0 aliphatic rings. The number of halogens is 3. The third-order valence-electron chi connectivity index (χ3n) is 4.05. The van der Waals surface area contributed by atoms with E-state index in [1.54, 1.807) is 0 Å². The van der Waals surface area contributed by atoms with Gasteiger partial charge in [0, 0.05) is 0 Å². The first-order chi connectivity index (χ1) is 12.2. The first-order valence-electron chi connectivity index (χ1n) is 8.00. The van der Waals surface area contributed by atoms with Crippen LogP contribution < -0.4 is 9.81 Å². The molecule has 0 N–H and O–H groups in total. The Morgan fingerprint density at radius 3 is 0.880 bits per heavy atom. The molecular weight excluding hydrogens is 518 g/mol. The second-order valence-electron chi connectivity index (χ2n) is 5.74. The maximum atomic E-state index is 12.8. The third kappa shape index (κ3) is 4.30. The summed E-state index contributed by atoms with van der Waals surface area (Å²) in [6.07, 6.45) is 0. The molecule has 25 heavy (non-hydrogen) atoms. The van der Waals surface area contributed by atoms with Crippen LogP contribution in [0, 0.1) is 0 Å². The molecule has 3 aromatic rings. The second kappa shape index (κ2) is 8.62. The molecule has 0 aliphatic heterocycles. The van der Waals surface area contributed by atoms with Crippen molar-refractivity contribution < 1.29 is 13.2 Å². The predicted molar refractivity (Wildman–Crippen MR) is 98.4 cm³/mol. The number of alkyl halides is 3. The average Bonchev–Trinajstić information content (AvgIpc) is 2.70. The molecule has 128 valence electrons. The van der Waals surface area contributed by atoms with E-state index >= 15 is 0 Å². The van der Waals surface area contributed by atoms with E-state index in [1.807, 2.05) is 72.8 Å². The Labute approximate surface area is 154 Å². The molecule has 0 aliphatic carbocycles. The van der Waals surface area contributed by atoms with Gasteiger partial charge in [-0.1, -0.05) is 0 Å². The third-order valence-corrected chi connectivity index (χ3v) is 13.5. The summed E-state index contributed by atoms with van der Waals surface area (Å²) in [5.74, 6) is 0. The number of hydrogen-bond donors (Lipinski definition) is 0. The molecule has 0 fully saturated rings. The summed E-state index contributed by atoms with van der Waals surface area (Å²) < 4.78 is 42.1. The summed E-state index contributed by atoms with van der Waals surface area (Å²) in [7, 11) is 0. The molecular formula is C21H18BiF3. The standard InChI is InChI=1S/3C7H6F.Bi/c3*8-6-7-4-2-1-3-5-7;/h3*2-5H,6H2;. The summed E-state index contributed by atoms with van der Waals surface area (Å²) >= 11 is -2.56. The molecule has 0 bridgehead atoms. The molecule has 0 atom stereocenters. The molecule has 3 aromatic carbocycles. The molecule has 0 saturated heterocycles. The van der Waals surface area contributed by atoms with Gasteiger partial charge in [-0.3, -0.25) is 0 Å². The van der Waals surface area contributed by atoms with Crippen LogP contribution in [0.25, 0.3) is 0 Å². The monoisotopic (exact) mass is 536 g/mol. The zero-order valence-corrected chi connectivity index (χ0v) is 17.1. The van der Waals surface area contributed by atoms with Gasteiger partial charge in [0.15, 0.2) is 0 Å². The van der Waals surface area contributed by atoms with E-state index in [1.165, 1.54) is 9.81 Å². The molecule has 0 heterocycles. The van der Waals surface area contributed by atoms with Crippen LogP contribution in [-0.2, 0) is 20.0 Å². The molecule has 4 heteroatoms. The van der Waals surface area contributed by atoms with Gasteiger partial charge in [-0.05, 0) is 0 Å². The molecule has 0 saturated carbocycles. The van der Waals surface area contributed by atoms with Crippen molar-refractivity contribution in [3.05, 3.63) is 89.5 Å². The molecule has 0 unspecified atom stereocenters. The normalized spacial score (nSPS) is 11.0. The first-order valence-corrected chi connectivity index (χ1v) is 13.2. The quantitative estimate of drug-likeness (QED) is 0.423. The minimum absolute atomic E-state index is 0.476. The van der Waals surface area contributed by atoms with Crippen molar-refractivity contribution >= 4 is 31.6 Å². The Morgan fingerprint density at radius 1 is 0.440 bits per heavy atom. The summed E-state index contributed by atoms with van der Waals surface area (Å²) in [6, 6.07) is 22.9. The fourth-order valence-electron chi connectivity index (χ4n) is 2.65. The van der Waals surface area contributed by atoms with Crippen LogP contribution in [0.4, 0.5) is 13.2 Å². The van der Waals surface area contributed by atoms with E-state index in [0.717, 1.165) is 0 Å². The van der Waals surface area contributed by atoms with Gasteiger partial charge in [0.05, 0.1) is 0 Å². The van der Waals surface area contributed by atoms with E-state index < -0.39 is 41.8 Å². The minimum atomic E-state index is -2.56. The second-order valence-corrected chi connectivity index (χ2v) is 14.4. The maximum absolute atomic E-state index is 12.8. The van der Waals surface area contributed by atoms with Crippen LogP contribution in [0.5, 0.6) is 0 Å². The number of rotatable bonds is 6. The summed E-state index contributed by atoms with van der Waals surface area (Å²) in [5, 5.41) is 0. The van der Waals surface area contributed by atoms with Gasteiger partial charge in [0.25, 0.3) is 0 Å². The van der Waals surface area contributed by atoms with Gasteiger partial charge >= 0.3 is 154 Å². The van der Waals surface area contributed by atoms with E-state index in [-0.39, 0.29) is 0 Å². The fraction of sp³-hybridized carbons (Fsp3) is 0.143. The molecule has 0 aromatic heterocycles. The zero-order chi connectivity index (χ0) is 17.6. The van der Waals surface area contributed by atoms with Crippen molar-refractivity contribution in [3.8, 4) is 0 Å². The van der Waals surface area contributed by atoms with Crippen LogP contribution in [0.1, 0.15) is 16.7 Å². The van der Waals surface area contributed by atoms with E-state index in [4.69, 9.17) is 0 Å². The van der Waals surface area contributed by atoms with Gasteiger partial charge in [0.2, 0.25) is 0 Å². The average molecular weight is 536 g/mol. The van der Waals surface area contributed by atoms with Crippen LogP contribution >= 0.6 is 0 Å². The van der Waals surface area contributed by atoms with E-state index in [2.05, 4.69) is 0 Å².